The van der Waals surface area contributed by atoms with E-state index in [1.807, 2.05) is 6.07 Å². The summed E-state index contributed by atoms with van der Waals surface area (Å²) >= 11 is 0. The fraction of sp³-hybridized carbons (Fsp3) is 0.304. The number of likely N-dealkylation sites (N-methyl/N-ethyl adjacent to an activating group) is 1. The van der Waals surface area contributed by atoms with Crippen LogP contribution in [0.4, 0.5) is 11.4 Å². The largest absolute Gasteiger partial charge is 0.481 e. The van der Waals surface area contributed by atoms with Gasteiger partial charge in [0.25, 0.3) is 5.91 Å². The molecule has 2 fully saturated rings. The Morgan fingerprint density at radius 3 is 2.42 bits per heavy atom. The molecule has 2 N–H and O–H groups in total. The smallest absolute Gasteiger partial charge is 0.303 e. The summed E-state index contributed by atoms with van der Waals surface area (Å²) in [5.74, 6) is -3.91. The summed E-state index contributed by atoms with van der Waals surface area (Å²) in [6.45, 7) is 0. The van der Waals surface area contributed by atoms with E-state index in [-0.39, 0.29) is 18.7 Å². The van der Waals surface area contributed by atoms with Gasteiger partial charge in [-0.2, -0.15) is 0 Å². The van der Waals surface area contributed by atoms with Crippen molar-refractivity contribution in [1.82, 2.24) is 5.32 Å². The van der Waals surface area contributed by atoms with E-state index in [1.165, 1.54) is 4.90 Å². The highest BCUT2D eigenvalue weighted by atomic mass is 16.4. The monoisotopic (exact) mass is 419 g/mol. The van der Waals surface area contributed by atoms with E-state index in [4.69, 9.17) is 0 Å². The van der Waals surface area contributed by atoms with E-state index < -0.39 is 41.2 Å². The van der Waals surface area contributed by atoms with Crippen molar-refractivity contribution in [3.8, 4) is 0 Å². The Hall–Kier alpha value is -3.52. The summed E-state index contributed by atoms with van der Waals surface area (Å²) < 4.78 is 0. The lowest BCUT2D eigenvalue weighted by Crippen LogP contribution is -2.54. The fourth-order valence-electron chi connectivity index (χ4n) is 5.41. The van der Waals surface area contributed by atoms with Crippen molar-refractivity contribution in [3.05, 3.63) is 60.2 Å². The number of anilines is 2. The lowest BCUT2D eigenvalue weighted by Gasteiger charge is -2.30. The van der Waals surface area contributed by atoms with E-state index in [0.29, 0.717) is 16.9 Å². The summed E-state index contributed by atoms with van der Waals surface area (Å²) in [7, 11) is 1.65. The standard InChI is InChI=1S/C23H21N3O5/c1-25-16-10-6-5-9-14(16)23(22(25)31)19-18(15(24-23)11-12-17(27)28)20(29)26(21(19)30)13-7-3-2-4-8-13/h2-10,15,18-19,24H,11-12H2,1H3,(H,27,28)/t15-,18-,19+,23+/m1/s1. The molecular weight excluding hydrogens is 398 g/mol. The van der Waals surface area contributed by atoms with Crippen molar-refractivity contribution in [2.45, 2.75) is 24.4 Å². The van der Waals surface area contributed by atoms with Gasteiger partial charge in [0.2, 0.25) is 11.8 Å². The molecule has 0 aliphatic carbocycles. The van der Waals surface area contributed by atoms with Gasteiger partial charge in [-0.3, -0.25) is 24.5 Å². The maximum absolute atomic E-state index is 13.7. The Morgan fingerprint density at radius 1 is 1.03 bits per heavy atom. The second-order valence-corrected chi connectivity index (χ2v) is 8.22. The van der Waals surface area contributed by atoms with Crippen molar-refractivity contribution in [2.24, 2.45) is 11.8 Å². The molecule has 0 aromatic heterocycles. The molecular formula is C23H21N3O5. The average Bonchev–Trinajstić information content (AvgIpc) is 3.32. The number of amides is 3. The third-order valence-electron chi connectivity index (χ3n) is 6.68. The number of nitrogens with one attached hydrogen (secondary N) is 1. The molecule has 8 nitrogen and oxygen atoms in total. The summed E-state index contributed by atoms with van der Waals surface area (Å²) in [6, 6.07) is 15.2. The second kappa shape index (κ2) is 6.75. The number of nitrogens with zero attached hydrogens (tertiary/aromatic N) is 2. The van der Waals surface area contributed by atoms with E-state index in [9.17, 15) is 24.3 Å². The van der Waals surface area contributed by atoms with Crippen LogP contribution in [0.5, 0.6) is 0 Å². The number of para-hydroxylation sites is 2. The van der Waals surface area contributed by atoms with Crippen LogP contribution in [0.1, 0.15) is 18.4 Å². The molecule has 1 spiro atoms. The molecule has 0 saturated carbocycles. The quantitative estimate of drug-likeness (QED) is 0.728. The molecule has 158 valence electrons. The van der Waals surface area contributed by atoms with Crippen molar-refractivity contribution >= 4 is 35.1 Å². The number of imide groups is 1. The zero-order chi connectivity index (χ0) is 21.9. The first-order valence-corrected chi connectivity index (χ1v) is 10.2. The molecule has 0 bridgehead atoms. The third kappa shape index (κ3) is 2.51. The van der Waals surface area contributed by atoms with Crippen LogP contribution in [0.25, 0.3) is 0 Å². The number of aliphatic carboxylic acids is 1. The number of hydrogen-bond donors (Lipinski definition) is 2. The minimum atomic E-state index is -1.39. The predicted molar refractivity (Wildman–Crippen MR) is 111 cm³/mol. The molecule has 3 aliphatic rings. The van der Waals surface area contributed by atoms with Crippen LogP contribution in [0.15, 0.2) is 54.6 Å². The number of carboxylic acid groups (broad SMARTS) is 1. The molecule has 4 atom stereocenters. The molecule has 2 aromatic rings. The number of benzene rings is 2. The highest BCUT2D eigenvalue weighted by Crippen LogP contribution is 2.55. The van der Waals surface area contributed by atoms with Crippen LogP contribution in [0.2, 0.25) is 0 Å². The Kier molecular flexibility index (Phi) is 4.23. The maximum atomic E-state index is 13.7. The van der Waals surface area contributed by atoms with Gasteiger partial charge in [-0.15, -0.1) is 0 Å². The van der Waals surface area contributed by atoms with Gasteiger partial charge >= 0.3 is 5.97 Å². The number of carboxylic acids is 1. The van der Waals surface area contributed by atoms with Gasteiger partial charge in [0.05, 0.1) is 17.5 Å². The molecule has 3 heterocycles. The van der Waals surface area contributed by atoms with Crippen molar-refractivity contribution in [2.75, 3.05) is 16.8 Å². The zero-order valence-electron chi connectivity index (χ0n) is 16.8. The highest BCUT2D eigenvalue weighted by molar-refractivity contribution is 6.26. The zero-order valence-corrected chi connectivity index (χ0v) is 16.8. The van der Waals surface area contributed by atoms with Crippen molar-refractivity contribution in [1.29, 1.82) is 0 Å². The Labute approximate surface area is 178 Å². The average molecular weight is 419 g/mol. The lowest BCUT2D eigenvalue weighted by atomic mass is 9.76. The molecule has 0 unspecified atom stereocenters. The minimum absolute atomic E-state index is 0.138. The van der Waals surface area contributed by atoms with Gasteiger partial charge in [0.15, 0.2) is 0 Å². The summed E-state index contributed by atoms with van der Waals surface area (Å²) in [5.41, 5.74) is 0.378. The SMILES string of the molecule is CN1C(=O)[C@]2(N[C@H](CCC(=O)O)[C@H]3C(=O)N(c4ccccc4)C(=O)[C@H]32)c2ccccc21. The third-order valence-corrected chi connectivity index (χ3v) is 6.68. The second-order valence-electron chi connectivity index (χ2n) is 8.22. The van der Waals surface area contributed by atoms with Crippen LogP contribution < -0.4 is 15.1 Å². The first-order valence-electron chi connectivity index (χ1n) is 10.2. The normalized spacial score (nSPS) is 29.1. The number of carbonyl (C=O) groups is 4. The van der Waals surface area contributed by atoms with E-state index in [0.717, 1.165) is 4.90 Å². The summed E-state index contributed by atoms with van der Waals surface area (Å²) in [6.07, 6.45) is -0.0332. The van der Waals surface area contributed by atoms with Gasteiger partial charge < -0.3 is 10.0 Å². The number of rotatable bonds is 4. The lowest BCUT2D eigenvalue weighted by molar-refractivity contribution is -0.137. The molecule has 2 aromatic carbocycles. The molecule has 0 radical (unpaired) electrons. The van der Waals surface area contributed by atoms with E-state index in [2.05, 4.69) is 5.32 Å². The fourth-order valence-corrected chi connectivity index (χ4v) is 5.41. The Bertz CT molecular complexity index is 1120. The van der Waals surface area contributed by atoms with E-state index >= 15 is 0 Å². The van der Waals surface area contributed by atoms with Crippen LogP contribution >= 0.6 is 0 Å². The number of carbonyl (C=O) groups excluding carboxylic acids is 3. The molecule has 5 rings (SSSR count). The van der Waals surface area contributed by atoms with Crippen molar-refractivity contribution in [3.63, 3.8) is 0 Å². The topological polar surface area (TPSA) is 107 Å². The molecule has 3 amide bonds. The Balaban J connectivity index is 1.67. The number of fused-ring (bicyclic) bond motifs is 4. The molecule has 8 heteroatoms. The first-order chi connectivity index (χ1) is 14.9. The summed E-state index contributed by atoms with van der Waals surface area (Å²) in [5, 5.41) is 12.5. The van der Waals surface area contributed by atoms with Gasteiger partial charge in [-0.25, -0.2) is 4.90 Å². The van der Waals surface area contributed by atoms with E-state index in [1.54, 1.807) is 55.6 Å². The minimum Gasteiger partial charge on any atom is -0.481 e. The Morgan fingerprint density at radius 2 is 1.71 bits per heavy atom. The molecule has 2 saturated heterocycles. The van der Waals surface area contributed by atoms with Crippen LogP contribution in [-0.2, 0) is 24.7 Å². The van der Waals surface area contributed by atoms with Crippen molar-refractivity contribution < 1.29 is 24.3 Å². The van der Waals surface area contributed by atoms with Crippen LogP contribution in [0.3, 0.4) is 0 Å². The maximum Gasteiger partial charge on any atom is 0.303 e. The van der Waals surface area contributed by atoms with Crippen LogP contribution in [0, 0.1) is 11.8 Å². The van der Waals surface area contributed by atoms with Gasteiger partial charge in [-0.1, -0.05) is 36.4 Å². The highest BCUT2D eigenvalue weighted by Gasteiger charge is 2.71. The first kappa shape index (κ1) is 19.4. The van der Waals surface area contributed by atoms with Gasteiger partial charge in [0, 0.05) is 30.8 Å². The number of hydrogen-bond acceptors (Lipinski definition) is 5. The predicted octanol–water partition coefficient (Wildman–Crippen LogP) is 1.50. The van der Waals surface area contributed by atoms with Gasteiger partial charge in [-0.05, 0) is 24.6 Å². The van der Waals surface area contributed by atoms with Gasteiger partial charge in [0.1, 0.15) is 5.54 Å². The molecule has 31 heavy (non-hydrogen) atoms. The summed E-state index contributed by atoms with van der Waals surface area (Å²) in [4.78, 5) is 54.6. The van der Waals surface area contributed by atoms with Crippen LogP contribution in [-0.4, -0.2) is 41.9 Å². The molecule has 3 aliphatic heterocycles.